The quantitative estimate of drug-likeness (QED) is 0.752. The van der Waals surface area contributed by atoms with Crippen LogP contribution in [0.15, 0.2) is 12.1 Å². The summed E-state index contributed by atoms with van der Waals surface area (Å²) in [5, 5.41) is 10.4. The second-order valence-electron chi connectivity index (χ2n) is 6.68. The highest BCUT2D eigenvalue weighted by Crippen LogP contribution is 2.39. The Kier molecular flexibility index (Phi) is 4.42. The van der Waals surface area contributed by atoms with Gasteiger partial charge in [0.2, 0.25) is 0 Å². The Bertz CT molecular complexity index is 427. The first-order chi connectivity index (χ1) is 8.13. The van der Waals surface area contributed by atoms with E-state index in [-0.39, 0.29) is 10.8 Å². The van der Waals surface area contributed by atoms with Crippen LogP contribution in [0, 0.1) is 0 Å². The Morgan fingerprint density at radius 1 is 1.11 bits per heavy atom. The first-order valence-electron chi connectivity index (χ1n) is 6.61. The Hall–Kier alpha value is -0.630. The lowest BCUT2D eigenvalue weighted by Crippen LogP contribution is -2.19. The molecule has 1 rings (SSSR count). The van der Waals surface area contributed by atoms with Gasteiger partial charge in [-0.1, -0.05) is 53.7 Å². The van der Waals surface area contributed by atoms with Crippen LogP contribution in [0.4, 0.5) is 0 Å². The highest BCUT2D eigenvalue weighted by molar-refractivity contribution is 7.79. The highest BCUT2D eigenvalue weighted by atomic mass is 32.1. The number of rotatable bonds is 3. The molecule has 1 nitrogen and oxygen atoms in total. The summed E-state index contributed by atoms with van der Waals surface area (Å²) in [5.41, 5.74) is 3.32. The van der Waals surface area contributed by atoms with Crippen molar-refractivity contribution in [3.8, 4) is 5.75 Å². The maximum atomic E-state index is 10.4. The van der Waals surface area contributed by atoms with E-state index in [2.05, 4.69) is 66.3 Å². The Morgan fingerprint density at radius 2 is 1.67 bits per heavy atom. The van der Waals surface area contributed by atoms with Crippen molar-refractivity contribution in [2.24, 2.45) is 0 Å². The first kappa shape index (κ1) is 15.4. The van der Waals surface area contributed by atoms with E-state index in [1.807, 2.05) is 0 Å². The number of thiol groups is 1. The first-order valence-corrected chi connectivity index (χ1v) is 7.24. The van der Waals surface area contributed by atoms with Crippen molar-refractivity contribution < 1.29 is 5.11 Å². The van der Waals surface area contributed by atoms with Gasteiger partial charge < -0.3 is 5.11 Å². The summed E-state index contributed by atoms with van der Waals surface area (Å²) >= 11 is 4.34. The highest BCUT2D eigenvalue weighted by Gasteiger charge is 2.26. The zero-order valence-corrected chi connectivity index (χ0v) is 13.4. The van der Waals surface area contributed by atoms with E-state index < -0.39 is 0 Å². The van der Waals surface area contributed by atoms with E-state index in [0.717, 1.165) is 17.5 Å². The van der Waals surface area contributed by atoms with Gasteiger partial charge in [-0.25, -0.2) is 0 Å². The van der Waals surface area contributed by atoms with Gasteiger partial charge in [-0.2, -0.15) is 12.6 Å². The van der Waals surface area contributed by atoms with E-state index in [4.69, 9.17) is 0 Å². The third-order valence-corrected chi connectivity index (χ3v) is 4.18. The molecular formula is C16H26OS. The molecule has 0 unspecified atom stereocenters. The molecular weight excluding hydrogens is 240 g/mol. The van der Waals surface area contributed by atoms with Crippen LogP contribution in [0.3, 0.4) is 0 Å². The maximum absolute atomic E-state index is 10.4. The van der Waals surface area contributed by atoms with E-state index in [1.165, 1.54) is 5.56 Å². The Morgan fingerprint density at radius 3 is 2.06 bits per heavy atom. The molecule has 0 amide bonds. The van der Waals surface area contributed by atoms with E-state index in [9.17, 15) is 5.11 Å². The van der Waals surface area contributed by atoms with E-state index in [0.29, 0.717) is 11.5 Å². The predicted molar refractivity (Wildman–Crippen MR) is 82.8 cm³/mol. The number of phenols is 1. The van der Waals surface area contributed by atoms with Crippen LogP contribution >= 0.6 is 12.6 Å². The lowest BCUT2D eigenvalue weighted by atomic mass is 9.77. The second kappa shape index (κ2) is 5.16. The molecule has 0 aliphatic heterocycles. The van der Waals surface area contributed by atoms with Gasteiger partial charge in [0.1, 0.15) is 5.75 Å². The molecule has 0 spiro atoms. The molecule has 102 valence electrons. The number of aromatic hydroxyl groups is 1. The topological polar surface area (TPSA) is 20.2 Å². The standard InChI is InChI=1S/C16H26OS/c1-7-16(5,6)13-9-12(15(2,3)4)8-11(10-18)14(13)17/h8-9,17-18H,7,10H2,1-6H3. The largest absolute Gasteiger partial charge is 0.507 e. The zero-order chi connectivity index (χ0) is 14.1. The third-order valence-electron chi connectivity index (χ3n) is 3.84. The average molecular weight is 266 g/mol. The second-order valence-corrected chi connectivity index (χ2v) is 6.99. The summed E-state index contributed by atoms with van der Waals surface area (Å²) in [7, 11) is 0. The molecule has 0 aliphatic carbocycles. The van der Waals surface area contributed by atoms with Crippen LogP contribution < -0.4 is 0 Å². The van der Waals surface area contributed by atoms with Gasteiger partial charge in [0.05, 0.1) is 0 Å². The number of hydrogen-bond acceptors (Lipinski definition) is 2. The van der Waals surface area contributed by atoms with Crippen molar-refractivity contribution in [3.05, 3.63) is 28.8 Å². The normalized spacial score (nSPS) is 12.8. The summed E-state index contributed by atoms with van der Waals surface area (Å²) in [5.74, 6) is 0.993. The predicted octanol–water partition coefficient (Wildman–Crippen LogP) is 4.81. The molecule has 1 aromatic carbocycles. The molecule has 18 heavy (non-hydrogen) atoms. The molecule has 0 radical (unpaired) electrons. The van der Waals surface area contributed by atoms with Crippen LogP contribution in [-0.2, 0) is 16.6 Å². The van der Waals surface area contributed by atoms with Gasteiger partial charge >= 0.3 is 0 Å². The Balaban J connectivity index is 3.51. The number of hydrogen-bond donors (Lipinski definition) is 2. The van der Waals surface area contributed by atoms with Gasteiger partial charge in [0, 0.05) is 16.9 Å². The Labute approximate surface area is 117 Å². The fourth-order valence-corrected chi connectivity index (χ4v) is 2.20. The fraction of sp³-hybridized carbons (Fsp3) is 0.625. The molecule has 0 heterocycles. The molecule has 1 aromatic rings. The van der Waals surface area contributed by atoms with Gasteiger partial charge in [-0.05, 0) is 22.8 Å². The maximum Gasteiger partial charge on any atom is 0.123 e. The molecule has 0 aromatic heterocycles. The van der Waals surface area contributed by atoms with Crippen molar-refractivity contribution >= 4 is 12.6 Å². The third kappa shape index (κ3) is 3.03. The van der Waals surface area contributed by atoms with Crippen molar-refractivity contribution in [2.45, 2.75) is 64.5 Å². The van der Waals surface area contributed by atoms with Crippen molar-refractivity contribution in [1.82, 2.24) is 0 Å². The molecule has 0 aliphatic rings. The summed E-state index contributed by atoms with van der Waals surface area (Å²) in [6.45, 7) is 13.1. The van der Waals surface area contributed by atoms with Crippen molar-refractivity contribution in [2.75, 3.05) is 0 Å². The summed E-state index contributed by atoms with van der Waals surface area (Å²) < 4.78 is 0. The van der Waals surface area contributed by atoms with E-state index in [1.54, 1.807) is 0 Å². The van der Waals surface area contributed by atoms with Gasteiger partial charge in [-0.3, -0.25) is 0 Å². The summed E-state index contributed by atoms with van der Waals surface area (Å²) in [4.78, 5) is 0. The lowest BCUT2D eigenvalue weighted by Gasteiger charge is -2.29. The minimum atomic E-state index is -0.0109. The van der Waals surface area contributed by atoms with Crippen LogP contribution in [0.25, 0.3) is 0 Å². The molecule has 0 saturated carbocycles. The fourth-order valence-electron chi connectivity index (χ4n) is 1.95. The molecule has 0 fully saturated rings. The molecule has 0 atom stereocenters. The number of phenolic OH excluding ortho intramolecular Hbond substituents is 1. The SMILES string of the molecule is CCC(C)(C)c1cc(C(C)(C)C)cc(CS)c1O. The minimum absolute atomic E-state index is 0.0109. The smallest absolute Gasteiger partial charge is 0.123 e. The minimum Gasteiger partial charge on any atom is -0.507 e. The van der Waals surface area contributed by atoms with Gasteiger partial charge in [-0.15, -0.1) is 0 Å². The monoisotopic (exact) mass is 266 g/mol. The van der Waals surface area contributed by atoms with E-state index >= 15 is 0 Å². The molecule has 1 N–H and O–H groups in total. The number of benzene rings is 1. The van der Waals surface area contributed by atoms with Gasteiger partial charge in [0.15, 0.2) is 0 Å². The van der Waals surface area contributed by atoms with Crippen molar-refractivity contribution in [1.29, 1.82) is 0 Å². The van der Waals surface area contributed by atoms with Crippen LogP contribution in [0.1, 0.15) is 64.7 Å². The molecule has 0 saturated heterocycles. The average Bonchev–Trinajstić information content (AvgIpc) is 2.27. The van der Waals surface area contributed by atoms with Crippen LogP contribution in [-0.4, -0.2) is 5.11 Å². The van der Waals surface area contributed by atoms with Gasteiger partial charge in [0.25, 0.3) is 0 Å². The summed E-state index contributed by atoms with van der Waals surface area (Å²) in [6, 6.07) is 4.24. The zero-order valence-electron chi connectivity index (χ0n) is 12.5. The lowest BCUT2D eigenvalue weighted by molar-refractivity contribution is 0.423. The van der Waals surface area contributed by atoms with Crippen LogP contribution in [0.5, 0.6) is 5.75 Å². The van der Waals surface area contributed by atoms with Crippen molar-refractivity contribution in [3.63, 3.8) is 0 Å². The van der Waals surface area contributed by atoms with Crippen LogP contribution in [0.2, 0.25) is 0 Å². The molecule has 0 bridgehead atoms. The summed E-state index contributed by atoms with van der Waals surface area (Å²) in [6.07, 6.45) is 1.00. The molecule has 2 heteroatoms.